The van der Waals surface area contributed by atoms with Gasteiger partial charge in [0.05, 0.1) is 26.6 Å². The molecule has 1 amide bonds. The smallest absolute Gasteiger partial charge is 0.279 e. The molecule has 10 nitrogen and oxygen atoms in total. The van der Waals surface area contributed by atoms with Gasteiger partial charge in [0.1, 0.15) is 0 Å². The predicted octanol–water partition coefficient (Wildman–Crippen LogP) is 3.56. The predicted molar refractivity (Wildman–Crippen MR) is 132 cm³/mol. The molecule has 12 heteroatoms. The number of nitrogens with zero attached hydrogens (tertiary/aromatic N) is 4. The first-order valence-electron chi connectivity index (χ1n) is 11.3. The highest BCUT2D eigenvalue weighted by Gasteiger charge is 2.25. The first-order chi connectivity index (χ1) is 16.8. The normalized spacial score (nSPS) is 15.9. The molecule has 0 aliphatic carbocycles. The molecular weight excluding hydrogens is 492 g/mol. The molecule has 3 aromatic rings. The summed E-state index contributed by atoms with van der Waals surface area (Å²) in [5.74, 6) is -0.532. The number of aromatic nitrogens is 1. The maximum Gasteiger partial charge on any atom is 0.279 e. The molecule has 0 spiro atoms. The summed E-state index contributed by atoms with van der Waals surface area (Å²) in [5, 5.41) is 11.1. The second-order valence-corrected chi connectivity index (χ2v) is 11.1. The van der Waals surface area contributed by atoms with Crippen molar-refractivity contribution in [3.8, 4) is 0 Å². The van der Waals surface area contributed by atoms with Crippen molar-refractivity contribution >= 4 is 43.2 Å². The van der Waals surface area contributed by atoms with Crippen LogP contribution in [0.4, 0.5) is 5.69 Å². The van der Waals surface area contributed by atoms with Crippen molar-refractivity contribution in [1.82, 2.24) is 8.87 Å². The minimum absolute atomic E-state index is 0.0447. The van der Waals surface area contributed by atoms with E-state index in [0.29, 0.717) is 41.3 Å². The van der Waals surface area contributed by atoms with E-state index in [1.54, 1.807) is 17.7 Å². The van der Waals surface area contributed by atoms with E-state index in [4.69, 9.17) is 4.74 Å². The molecule has 2 aromatic carbocycles. The molecule has 1 aromatic heterocycles. The Balaban J connectivity index is 1.65. The molecule has 0 unspecified atom stereocenters. The number of ether oxygens (including phenoxy) is 1. The van der Waals surface area contributed by atoms with Crippen LogP contribution >= 0.6 is 11.3 Å². The average molecular weight is 519 g/mol. The van der Waals surface area contributed by atoms with E-state index in [1.807, 2.05) is 0 Å². The highest BCUT2D eigenvalue weighted by atomic mass is 32.2. The lowest BCUT2D eigenvalue weighted by Gasteiger charge is -2.19. The first-order valence-corrected chi connectivity index (χ1v) is 13.5. The molecule has 0 N–H and O–H groups in total. The number of fused-ring (bicyclic) bond motifs is 1. The summed E-state index contributed by atoms with van der Waals surface area (Å²) in [7, 11) is -2.05. The van der Waals surface area contributed by atoms with Gasteiger partial charge in [-0.05, 0) is 43.2 Å². The van der Waals surface area contributed by atoms with Crippen molar-refractivity contribution in [1.29, 1.82) is 0 Å². The maximum atomic E-state index is 13.0. The number of hydrogen-bond donors (Lipinski definition) is 0. The lowest BCUT2D eigenvalue weighted by Crippen LogP contribution is -2.31. The molecule has 1 aliphatic heterocycles. The van der Waals surface area contributed by atoms with Crippen LogP contribution in [0.5, 0.6) is 0 Å². The number of methoxy groups -OCH3 is 1. The number of rotatable bonds is 7. The molecule has 0 bridgehead atoms. The SMILES string of the molecule is COCCn1c(=NC(=O)c2ccc(S(=O)(=O)N3CCCCCC3)cc2)sc2cc([N+](=O)[O-])ccc21. The van der Waals surface area contributed by atoms with Crippen LogP contribution < -0.4 is 4.80 Å². The highest BCUT2D eigenvalue weighted by molar-refractivity contribution is 7.89. The number of nitro benzene ring substituents is 1. The maximum absolute atomic E-state index is 13.0. The minimum atomic E-state index is -3.61. The van der Waals surface area contributed by atoms with Crippen molar-refractivity contribution in [3.05, 3.63) is 62.9 Å². The van der Waals surface area contributed by atoms with E-state index >= 15 is 0 Å². The number of carbonyl (C=O) groups excluding carboxylic acids is 1. The zero-order chi connectivity index (χ0) is 25.0. The molecule has 1 aliphatic rings. The molecule has 1 fully saturated rings. The Bertz CT molecular complexity index is 1400. The van der Waals surface area contributed by atoms with E-state index in [9.17, 15) is 23.3 Å². The Morgan fingerprint density at radius 3 is 2.43 bits per heavy atom. The summed E-state index contributed by atoms with van der Waals surface area (Å²) in [6.45, 7) is 1.79. The van der Waals surface area contributed by atoms with Crippen molar-refractivity contribution in [2.75, 3.05) is 26.8 Å². The molecule has 4 rings (SSSR count). The quantitative estimate of drug-likeness (QED) is 0.348. The van der Waals surface area contributed by atoms with Gasteiger partial charge in [-0.1, -0.05) is 24.2 Å². The number of hydrogen-bond acceptors (Lipinski definition) is 7. The fraction of sp³-hybridized carbons (Fsp3) is 0.391. The van der Waals surface area contributed by atoms with Gasteiger partial charge in [0.15, 0.2) is 4.80 Å². The Morgan fingerprint density at radius 1 is 1.11 bits per heavy atom. The molecular formula is C23H26N4O6S2. The standard InChI is InChI=1S/C23H26N4O6S2/c1-33-15-14-26-20-11-8-18(27(29)30)16-21(20)34-23(26)24-22(28)17-6-9-19(10-7-17)35(31,32)25-12-4-2-3-5-13-25/h6-11,16H,2-5,12-15H2,1H3. The van der Waals surface area contributed by atoms with Gasteiger partial charge in [0.25, 0.3) is 11.6 Å². The Labute approximate surface area is 206 Å². The Kier molecular flexibility index (Phi) is 7.75. The van der Waals surface area contributed by atoms with Crippen LogP contribution in [-0.4, -0.2) is 54.9 Å². The van der Waals surface area contributed by atoms with Crippen LogP contribution in [0.15, 0.2) is 52.4 Å². The molecule has 2 heterocycles. The highest BCUT2D eigenvalue weighted by Crippen LogP contribution is 2.24. The third-order valence-corrected chi connectivity index (χ3v) is 8.85. The fourth-order valence-corrected chi connectivity index (χ4v) is 6.62. The number of non-ortho nitro benzene ring substituents is 1. The van der Waals surface area contributed by atoms with Gasteiger partial charge in [-0.2, -0.15) is 9.30 Å². The molecule has 0 radical (unpaired) electrons. The zero-order valence-electron chi connectivity index (χ0n) is 19.3. The van der Waals surface area contributed by atoms with Crippen LogP contribution in [0.25, 0.3) is 10.2 Å². The lowest BCUT2D eigenvalue weighted by atomic mass is 10.2. The van der Waals surface area contributed by atoms with Gasteiger partial charge in [0, 0.05) is 44.4 Å². The molecule has 0 saturated carbocycles. The van der Waals surface area contributed by atoms with E-state index in [2.05, 4.69) is 4.99 Å². The average Bonchev–Trinajstić information content (AvgIpc) is 3.00. The summed E-state index contributed by atoms with van der Waals surface area (Å²) in [5.41, 5.74) is 0.918. The number of carbonyl (C=O) groups is 1. The third kappa shape index (κ3) is 5.50. The van der Waals surface area contributed by atoms with Gasteiger partial charge >= 0.3 is 0 Å². The number of benzene rings is 2. The molecule has 0 atom stereocenters. The summed E-state index contributed by atoms with van der Waals surface area (Å²) in [4.78, 5) is 28.4. The number of thiazole rings is 1. The van der Waals surface area contributed by atoms with Gasteiger partial charge in [-0.3, -0.25) is 14.9 Å². The molecule has 1 saturated heterocycles. The second-order valence-electron chi connectivity index (χ2n) is 8.20. The zero-order valence-corrected chi connectivity index (χ0v) is 20.9. The topological polar surface area (TPSA) is 124 Å². The fourth-order valence-electron chi connectivity index (χ4n) is 4.01. The van der Waals surface area contributed by atoms with E-state index < -0.39 is 20.9 Å². The van der Waals surface area contributed by atoms with Crippen LogP contribution in [0, 0.1) is 10.1 Å². The van der Waals surface area contributed by atoms with Crippen molar-refractivity contribution < 1.29 is 22.9 Å². The lowest BCUT2D eigenvalue weighted by molar-refractivity contribution is -0.384. The first kappa shape index (κ1) is 25.2. The molecule has 186 valence electrons. The number of sulfonamides is 1. The van der Waals surface area contributed by atoms with Crippen LogP contribution in [0.1, 0.15) is 36.0 Å². The van der Waals surface area contributed by atoms with Gasteiger partial charge in [-0.25, -0.2) is 8.42 Å². The summed E-state index contributed by atoms with van der Waals surface area (Å²) < 4.78 is 35.1. The largest absolute Gasteiger partial charge is 0.383 e. The van der Waals surface area contributed by atoms with Gasteiger partial charge in [-0.15, -0.1) is 0 Å². The van der Waals surface area contributed by atoms with E-state index in [1.165, 1.54) is 52.0 Å². The van der Waals surface area contributed by atoms with Crippen LogP contribution in [0.2, 0.25) is 0 Å². The monoisotopic (exact) mass is 518 g/mol. The number of amides is 1. The van der Waals surface area contributed by atoms with Crippen LogP contribution in [0.3, 0.4) is 0 Å². The third-order valence-electron chi connectivity index (χ3n) is 5.90. The van der Waals surface area contributed by atoms with Crippen molar-refractivity contribution in [3.63, 3.8) is 0 Å². The number of nitro groups is 1. The van der Waals surface area contributed by atoms with Crippen molar-refractivity contribution in [2.45, 2.75) is 37.1 Å². The summed E-state index contributed by atoms with van der Waals surface area (Å²) in [6.07, 6.45) is 3.74. The Hall–Kier alpha value is -2.93. The summed E-state index contributed by atoms with van der Waals surface area (Å²) >= 11 is 1.17. The minimum Gasteiger partial charge on any atom is -0.383 e. The summed E-state index contributed by atoms with van der Waals surface area (Å²) in [6, 6.07) is 10.3. The second kappa shape index (κ2) is 10.8. The van der Waals surface area contributed by atoms with Gasteiger partial charge < -0.3 is 9.30 Å². The Morgan fingerprint density at radius 2 is 1.80 bits per heavy atom. The van der Waals surface area contributed by atoms with Crippen LogP contribution in [-0.2, 0) is 21.3 Å². The van der Waals surface area contributed by atoms with E-state index in [0.717, 1.165) is 25.7 Å². The van der Waals surface area contributed by atoms with Crippen molar-refractivity contribution in [2.24, 2.45) is 4.99 Å². The van der Waals surface area contributed by atoms with E-state index in [-0.39, 0.29) is 16.1 Å². The molecule has 35 heavy (non-hydrogen) atoms. The van der Waals surface area contributed by atoms with Gasteiger partial charge in [0.2, 0.25) is 10.0 Å².